The molecular formula is C30H33N5O2. The number of urea groups is 1. The van der Waals surface area contributed by atoms with Gasteiger partial charge >= 0.3 is 6.03 Å². The lowest BCUT2D eigenvalue weighted by Gasteiger charge is -2.24. The Morgan fingerprint density at radius 3 is 2.43 bits per heavy atom. The number of hydrogen-bond donors (Lipinski definition) is 2. The molecule has 0 radical (unpaired) electrons. The molecule has 1 saturated heterocycles. The summed E-state index contributed by atoms with van der Waals surface area (Å²) < 4.78 is 0. The third-order valence-electron chi connectivity index (χ3n) is 7.24. The largest absolute Gasteiger partial charge is 0.331 e. The summed E-state index contributed by atoms with van der Waals surface area (Å²) in [4.78, 5) is 34.5. The van der Waals surface area contributed by atoms with Crippen molar-refractivity contribution in [1.29, 1.82) is 0 Å². The quantitative estimate of drug-likeness (QED) is 0.488. The summed E-state index contributed by atoms with van der Waals surface area (Å²) in [6.07, 6.45) is 4.58. The van der Waals surface area contributed by atoms with Crippen LogP contribution in [0.1, 0.15) is 39.6 Å². The number of aromatic nitrogens is 1. The highest BCUT2D eigenvalue weighted by Gasteiger charge is 2.36. The van der Waals surface area contributed by atoms with Crippen LogP contribution in [0, 0.1) is 19.8 Å². The minimum absolute atomic E-state index is 0.0364. The van der Waals surface area contributed by atoms with Crippen molar-refractivity contribution < 1.29 is 9.59 Å². The fourth-order valence-electron chi connectivity index (χ4n) is 5.33. The van der Waals surface area contributed by atoms with E-state index in [2.05, 4.69) is 32.7 Å². The summed E-state index contributed by atoms with van der Waals surface area (Å²) in [7, 11) is 0. The van der Waals surface area contributed by atoms with Gasteiger partial charge in [0.2, 0.25) is 0 Å². The molecule has 2 N–H and O–H groups in total. The first-order chi connectivity index (χ1) is 18.0. The van der Waals surface area contributed by atoms with Crippen molar-refractivity contribution in [3.63, 3.8) is 0 Å². The van der Waals surface area contributed by atoms with E-state index < -0.39 is 0 Å². The second kappa shape index (κ2) is 11.0. The molecule has 3 heterocycles. The molecule has 0 saturated carbocycles. The second-order valence-corrected chi connectivity index (χ2v) is 9.90. The number of fused-ring (bicyclic) bond motifs is 1. The summed E-state index contributed by atoms with van der Waals surface area (Å²) in [5, 5.41) is 6.08. The average molecular weight is 496 g/mol. The Morgan fingerprint density at radius 2 is 1.73 bits per heavy atom. The third-order valence-corrected chi connectivity index (χ3v) is 7.24. The first-order valence-corrected chi connectivity index (χ1v) is 12.8. The van der Waals surface area contributed by atoms with Crippen molar-refractivity contribution in [2.24, 2.45) is 5.92 Å². The van der Waals surface area contributed by atoms with Crippen molar-refractivity contribution in [3.8, 4) is 0 Å². The van der Waals surface area contributed by atoms with E-state index in [1.165, 1.54) is 5.57 Å². The molecule has 2 aromatic carbocycles. The Bertz CT molecular complexity index is 1270. The highest BCUT2D eigenvalue weighted by Crippen LogP contribution is 2.32. The maximum atomic E-state index is 13.2. The van der Waals surface area contributed by atoms with E-state index in [1.807, 2.05) is 79.5 Å². The molecule has 37 heavy (non-hydrogen) atoms. The Kier molecular flexibility index (Phi) is 7.32. The number of para-hydroxylation sites is 1. The molecule has 0 aliphatic carbocycles. The molecule has 7 heteroatoms. The van der Waals surface area contributed by atoms with Gasteiger partial charge < -0.3 is 15.5 Å². The summed E-state index contributed by atoms with van der Waals surface area (Å²) >= 11 is 0. The van der Waals surface area contributed by atoms with Crippen LogP contribution in [0.2, 0.25) is 0 Å². The molecular weight excluding hydrogens is 462 g/mol. The van der Waals surface area contributed by atoms with Crippen LogP contribution >= 0.6 is 0 Å². The van der Waals surface area contributed by atoms with Crippen LogP contribution in [0.15, 0.2) is 84.7 Å². The maximum absolute atomic E-state index is 13.2. The van der Waals surface area contributed by atoms with Crippen molar-refractivity contribution in [2.75, 3.05) is 31.5 Å². The topological polar surface area (TPSA) is 77.6 Å². The van der Waals surface area contributed by atoms with Crippen molar-refractivity contribution >= 4 is 17.6 Å². The van der Waals surface area contributed by atoms with Crippen LogP contribution in [0.25, 0.3) is 0 Å². The molecule has 1 unspecified atom stereocenters. The molecule has 0 bridgehead atoms. The van der Waals surface area contributed by atoms with Gasteiger partial charge in [-0.3, -0.25) is 14.7 Å². The highest BCUT2D eigenvalue weighted by atomic mass is 16.2. The number of aryl methyl sites for hydroxylation is 2. The van der Waals surface area contributed by atoms with Gasteiger partial charge in [-0.2, -0.15) is 0 Å². The Labute approximate surface area is 218 Å². The normalized spacial score (nSPS) is 17.7. The van der Waals surface area contributed by atoms with Gasteiger partial charge in [-0.1, -0.05) is 48.5 Å². The zero-order chi connectivity index (χ0) is 25.8. The maximum Gasteiger partial charge on any atom is 0.319 e. The second-order valence-electron chi connectivity index (χ2n) is 9.90. The Hall–Kier alpha value is -3.97. The molecule has 3 amide bonds. The molecule has 2 atom stereocenters. The van der Waals surface area contributed by atoms with Crippen LogP contribution < -0.4 is 10.6 Å². The van der Waals surface area contributed by atoms with E-state index in [-0.39, 0.29) is 18.0 Å². The van der Waals surface area contributed by atoms with Crippen molar-refractivity contribution in [2.45, 2.75) is 26.3 Å². The number of carbonyl (C=O) groups is 2. The van der Waals surface area contributed by atoms with E-state index >= 15 is 0 Å². The van der Waals surface area contributed by atoms with Gasteiger partial charge in [-0.15, -0.1) is 0 Å². The number of likely N-dealkylation sites (tertiary alicyclic amines) is 1. The number of rotatable bonds is 7. The molecule has 5 rings (SSSR count). The highest BCUT2D eigenvalue weighted by molar-refractivity contribution is 5.97. The lowest BCUT2D eigenvalue weighted by Crippen LogP contribution is -2.35. The van der Waals surface area contributed by atoms with Gasteiger partial charge in [0.1, 0.15) is 0 Å². The fourth-order valence-corrected chi connectivity index (χ4v) is 5.33. The van der Waals surface area contributed by atoms with Gasteiger partial charge in [-0.05, 0) is 55.2 Å². The van der Waals surface area contributed by atoms with E-state index in [4.69, 9.17) is 0 Å². The van der Waals surface area contributed by atoms with Gasteiger partial charge in [0, 0.05) is 50.2 Å². The number of carbonyl (C=O) groups excluding carboxylic acids is 2. The lowest BCUT2D eigenvalue weighted by atomic mass is 10.0. The SMILES string of the molecule is Cc1ccnc(C)c1C(=O)N1C=C2CN(CC[C@H](NC(=O)Nc3ccccc3)c3ccccc3)CC2C1. The molecule has 2 aliphatic rings. The van der Waals surface area contributed by atoms with Crippen molar-refractivity contribution in [3.05, 3.63) is 107 Å². The number of hydrogen-bond acceptors (Lipinski definition) is 4. The smallest absolute Gasteiger partial charge is 0.319 e. The molecule has 190 valence electrons. The van der Waals surface area contributed by atoms with Crippen molar-refractivity contribution in [1.82, 2.24) is 20.1 Å². The Balaban J connectivity index is 1.20. The molecule has 1 fully saturated rings. The lowest BCUT2D eigenvalue weighted by molar-refractivity contribution is 0.0818. The monoisotopic (exact) mass is 495 g/mol. The number of anilines is 1. The molecule has 7 nitrogen and oxygen atoms in total. The van der Waals surface area contributed by atoms with Crippen LogP contribution in [0.3, 0.4) is 0 Å². The zero-order valence-electron chi connectivity index (χ0n) is 21.4. The summed E-state index contributed by atoms with van der Waals surface area (Å²) in [5.41, 5.74) is 5.61. The van der Waals surface area contributed by atoms with Crippen LogP contribution in [-0.4, -0.2) is 52.9 Å². The Morgan fingerprint density at radius 1 is 1.00 bits per heavy atom. The van der Waals surface area contributed by atoms with Gasteiger partial charge in [-0.25, -0.2) is 4.79 Å². The van der Waals surface area contributed by atoms with E-state index in [1.54, 1.807) is 6.20 Å². The van der Waals surface area contributed by atoms with E-state index in [9.17, 15) is 9.59 Å². The standard InChI is InChI=1S/C30H33N5O2/c1-21-13-15-31-22(2)28(21)29(36)35-19-24-17-34(18-25(24)20-35)16-14-27(23-9-5-3-6-10-23)33-30(37)32-26-11-7-4-8-12-26/h3-13,15,19,25,27H,14,16-18,20H2,1-2H3,(H2,32,33,37)/t25?,27-/m0/s1. The average Bonchev–Trinajstić information content (AvgIpc) is 3.47. The molecule has 3 aromatic rings. The van der Waals surface area contributed by atoms with Gasteiger partial charge in [0.15, 0.2) is 0 Å². The summed E-state index contributed by atoms with van der Waals surface area (Å²) in [6, 6.07) is 21.1. The first-order valence-electron chi connectivity index (χ1n) is 12.8. The number of amides is 3. The van der Waals surface area contributed by atoms with E-state index in [0.717, 1.165) is 48.6 Å². The van der Waals surface area contributed by atoms with Gasteiger partial charge in [0.05, 0.1) is 17.3 Å². The fraction of sp³-hybridized carbons (Fsp3) is 0.300. The summed E-state index contributed by atoms with van der Waals surface area (Å²) in [5.74, 6) is 0.389. The predicted molar refractivity (Wildman–Crippen MR) is 145 cm³/mol. The minimum atomic E-state index is -0.212. The number of pyridine rings is 1. The zero-order valence-corrected chi connectivity index (χ0v) is 21.4. The minimum Gasteiger partial charge on any atom is -0.331 e. The molecule has 2 aliphatic heterocycles. The first kappa shape index (κ1) is 24.7. The number of nitrogens with one attached hydrogen (secondary N) is 2. The van der Waals surface area contributed by atoms with Crippen LogP contribution in [0.5, 0.6) is 0 Å². The van der Waals surface area contributed by atoms with Crippen LogP contribution in [0.4, 0.5) is 10.5 Å². The van der Waals surface area contributed by atoms with Crippen LogP contribution in [-0.2, 0) is 0 Å². The third kappa shape index (κ3) is 5.73. The van der Waals surface area contributed by atoms with Gasteiger partial charge in [0.25, 0.3) is 5.91 Å². The molecule has 1 aromatic heterocycles. The van der Waals surface area contributed by atoms with E-state index in [0.29, 0.717) is 18.0 Å². The molecule has 0 spiro atoms. The summed E-state index contributed by atoms with van der Waals surface area (Å²) in [6.45, 7) is 7.18. The number of nitrogens with zero attached hydrogens (tertiary/aromatic N) is 3. The predicted octanol–water partition coefficient (Wildman–Crippen LogP) is 4.92. The number of benzene rings is 2.